The third-order valence-electron chi connectivity index (χ3n) is 19.5. The lowest BCUT2D eigenvalue weighted by molar-refractivity contribution is -0.671. The minimum Gasteiger partial charge on any atom is -0.508 e. The van der Waals surface area contributed by atoms with E-state index < -0.39 is 237 Å². The first-order chi connectivity index (χ1) is 51.6. The Labute approximate surface area is 631 Å². The normalized spacial score (nSPS) is 28.1. The summed E-state index contributed by atoms with van der Waals surface area (Å²) in [6.45, 7) is 6.20. The predicted molar refractivity (Wildman–Crippen MR) is 380 cm³/mol. The third kappa shape index (κ3) is 17.4. The average Bonchev–Trinajstić information content (AvgIpc) is 0.794. The number of carbonyl (C=O) groups excluding carboxylic acids is 7. The second-order valence-electron chi connectivity index (χ2n) is 27.9. The Kier molecular flexibility index (Phi) is 24.2. The highest BCUT2D eigenvalue weighted by atomic mass is 35.5. The van der Waals surface area contributed by atoms with Gasteiger partial charge in [-0.15, -0.1) is 0 Å². The van der Waals surface area contributed by atoms with Crippen molar-refractivity contribution in [3.63, 3.8) is 0 Å². The number of aromatic nitrogens is 1. The van der Waals surface area contributed by atoms with Crippen LogP contribution >= 0.6 is 23.2 Å². The van der Waals surface area contributed by atoms with Crippen LogP contribution in [0.3, 0.4) is 0 Å². The fourth-order valence-electron chi connectivity index (χ4n) is 13.6. The number of carboxylic acids is 1. The van der Waals surface area contributed by atoms with Crippen molar-refractivity contribution in [3.8, 4) is 57.1 Å². The maximum Gasteiger partial charge on any atom is 0.330 e. The summed E-state index contributed by atoms with van der Waals surface area (Å²) in [5.74, 6) is -16.0. The molecule has 0 radical (unpaired) electrons. The number of aliphatic hydroxyl groups is 6. The van der Waals surface area contributed by atoms with Crippen LogP contribution in [-0.2, 0) is 66.2 Å². The monoisotopic (exact) mass is 1550 g/mol. The molecule has 2 saturated heterocycles. The van der Waals surface area contributed by atoms with Crippen LogP contribution in [0.15, 0.2) is 103 Å². The molecule has 11 bridgehead atoms. The van der Waals surface area contributed by atoms with Crippen LogP contribution in [0.4, 0.5) is 0 Å². The van der Waals surface area contributed by atoms with Crippen molar-refractivity contribution in [1.29, 1.82) is 0 Å². The smallest absolute Gasteiger partial charge is 0.330 e. The molecule has 1 aromatic heterocycles. The Bertz CT molecular complexity index is 4500. The first kappa shape index (κ1) is 80.0. The van der Waals surface area contributed by atoms with Gasteiger partial charge < -0.3 is 128 Å². The van der Waals surface area contributed by atoms with Gasteiger partial charge in [-0.3, -0.25) is 33.6 Å². The number of phenolic OH excluding ortho intramolecular Hbond substituents is 3. The van der Waals surface area contributed by atoms with E-state index in [1.807, 2.05) is 50.0 Å². The molecule has 7 amide bonds. The summed E-state index contributed by atoms with van der Waals surface area (Å²) in [7, 11) is 3.32. The number of aliphatic carboxylic acids is 1. The van der Waals surface area contributed by atoms with Gasteiger partial charge in [0.25, 0.3) is 0 Å². The van der Waals surface area contributed by atoms with Crippen LogP contribution in [0.2, 0.25) is 10.0 Å². The fourth-order valence-corrected chi connectivity index (χ4v) is 14.0. The second-order valence-corrected chi connectivity index (χ2v) is 28.7. The first-order valence-electron chi connectivity index (χ1n) is 34.5. The van der Waals surface area contributed by atoms with Gasteiger partial charge in [0.05, 0.1) is 41.3 Å². The maximum absolute atomic E-state index is 16.1. The summed E-state index contributed by atoms with van der Waals surface area (Å²) in [6, 6.07) is 3.15. The standard InChI is InChI=1S/C73H82Cl2N10O24/c1-29(2)17-41(77-5)65(96)83-56-58(91)33-8-11-45(39(74)19-33)105-47-21-35-22-48(62(47)109-72-63(61(94)60(93)49(28-86)107-72)108-51-26-73(4,64(95)30(3)104-51)78-27-31-13-15-85(6)16-14-31)106-46-12-9-34(20-40(46)75)59(92)57-70(101)82-55(71(102)103)38-23-36(87)24-44(89)52(38)37-18-32(7-10-43(37)88)53(67(98)84-57)81-68(99)54(35)80-66(97)42(25-50(76)90)79-69(56)100/h7-16,18-24,29-30,41-42,49,51,53-61,63-64,72,77-78,86,91-95H,17,25-28H2,1-6H3,(H11-,76,79,80,81,82,83,84,87,88,89,90,96,97,98,99,100,101,102,103)/p+1/t30?,41-,42+,49-,51+,53-,54-,55+,56-,57+,58-,59-,60+,61?,63?,64+,72-,73-/m1/s1. The highest BCUT2D eigenvalue weighted by Gasteiger charge is 2.52. The lowest BCUT2D eigenvalue weighted by atomic mass is 9.84. The van der Waals surface area contributed by atoms with E-state index in [9.17, 15) is 75.0 Å². The number of nitrogens with one attached hydrogen (secondary N) is 8. The van der Waals surface area contributed by atoms with Crippen LogP contribution in [0.25, 0.3) is 11.1 Å². The lowest BCUT2D eigenvalue weighted by Gasteiger charge is -2.48. The zero-order valence-electron chi connectivity index (χ0n) is 59.2. The number of pyridine rings is 1. The number of nitrogens with zero attached hydrogens (tertiary/aromatic N) is 1. The summed E-state index contributed by atoms with van der Waals surface area (Å²) in [4.78, 5) is 118. The number of hydrogen-bond donors (Lipinski definition) is 19. The molecule has 109 heavy (non-hydrogen) atoms. The number of rotatable bonds is 16. The van der Waals surface area contributed by atoms with Gasteiger partial charge in [-0.1, -0.05) is 55.2 Å². The fraction of sp³-hybridized carbons (Fsp3) is 0.411. The number of ether oxygens (including phenoxy) is 6. The molecule has 36 heteroatoms. The molecule has 582 valence electrons. The number of aryl methyl sites for hydroxylation is 1. The number of carbonyl (C=O) groups is 8. The number of fused-ring (bicyclic) bond motifs is 15. The zero-order chi connectivity index (χ0) is 78.9. The molecule has 7 aliphatic heterocycles. The number of carboxylic acid groups (broad SMARTS) is 1. The number of aliphatic hydroxyl groups excluding tert-OH is 6. The highest BCUT2D eigenvalue weighted by molar-refractivity contribution is 6.32. The lowest BCUT2D eigenvalue weighted by Crippen LogP contribution is -2.65. The van der Waals surface area contributed by atoms with Gasteiger partial charge in [0.1, 0.15) is 96.5 Å². The molecule has 8 heterocycles. The molecule has 5 aromatic carbocycles. The van der Waals surface area contributed by atoms with Crippen LogP contribution in [0.5, 0.6) is 46.0 Å². The van der Waals surface area contributed by atoms with E-state index in [0.29, 0.717) is 0 Å². The largest absolute Gasteiger partial charge is 0.508 e. The van der Waals surface area contributed by atoms with Crippen molar-refractivity contribution >= 4 is 70.5 Å². The van der Waals surface area contributed by atoms with Gasteiger partial charge in [0, 0.05) is 53.4 Å². The minimum absolute atomic E-state index is 0.101. The van der Waals surface area contributed by atoms with E-state index in [0.717, 1.165) is 72.3 Å². The molecule has 2 fully saturated rings. The van der Waals surface area contributed by atoms with E-state index in [-0.39, 0.29) is 52.8 Å². The van der Waals surface area contributed by atoms with Gasteiger partial charge in [-0.25, -0.2) is 9.36 Å². The maximum atomic E-state index is 16.1. The van der Waals surface area contributed by atoms with E-state index in [2.05, 4.69) is 42.5 Å². The number of benzene rings is 5. The zero-order valence-corrected chi connectivity index (χ0v) is 60.7. The molecule has 13 rings (SSSR count). The summed E-state index contributed by atoms with van der Waals surface area (Å²) in [5, 5.41) is 136. The predicted octanol–water partition coefficient (Wildman–Crippen LogP) is 0.762. The Morgan fingerprint density at radius 3 is 1.94 bits per heavy atom. The van der Waals surface area contributed by atoms with Crippen molar-refractivity contribution in [2.45, 2.75) is 163 Å². The number of primary amides is 1. The number of phenols is 3. The molecular formula is C73H83Cl2N10O24+. The van der Waals surface area contributed by atoms with Crippen LogP contribution in [0, 0.1) is 5.92 Å². The molecule has 20 N–H and O–H groups in total. The molecule has 3 unspecified atom stereocenters. The van der Waals surface area contributed by atoms with Gasteiger partial charge in [-0.05, 0) is 116 Å². The number of nitrogens with two attached hydrogens (primary N) is 1. The molecular weight excluding hydrogens is 1470 g/mol. The van der Waals surface area contributed by atoms with Crippen LogP contribution in [-0.4, -0.2) is 191 Å². The molecule has 0 spiro atoms. The number of likely N-dealkylation sites (N-methyl/N-ethyl adjacent to an activating group) is 1. The van der Waals surface area contributed by atoms with Gasteiger partial charge in [0.2, 0.25) is 53.4 Å². The minimum atomic E-state index is -2.35. The second kappa shape index (κ2) is 33.0. The first-order valence-corrected chi connectivity index (χ1v) is 35.3. The molecule has 0 saturated carbocycles. The number of halogens is 2. The van der Waals surface area contributed by atoms with E-state index in [4.69, 9.17) is 57.4 Å². The van der Waals surface area contributed by atoms with Crippen molar-refractivity contribution in [2.75, 3.05) is 13.7 Å². The van der Waals surface area contributed by atoms with Crippen LogP contribution in [0.1, 0.15) is 111 Å². The average molecular weight is 1560 g/mol. The van der Waals surface area contributed by atoms with E-state index in [1.54, 1.807) is 13.8 Å². The Balaban J connectivity index is 1.14. The number of hydrogen-bond acceptors (Lipinski definition) is 25. The molecule has 6 aromatic rings. The third-order valence-corrected chi connectivity index (χ3v) is 20.1. The van der Waals surface area contributed by atoms with Crippen molar-refractivity contribution < 1.29 is 122 Å². The summed E-state index contributed by atoms with van der Waals surface area (Å²) >= 11 is 14.2. The number of amides is 7. The van der Waals surface area contributed by atoms with Crippen molar-refractivity contribution in [3.05, 3.63) is 147 Å². The van der Waals surface area contributed by atoms with Crippen molar-refractivity contribution in [2.24, 2.45) is 18.7 Å². The summed E-state index contributed by atoms with van der Waals surface area (Å²) < 4.78 is 41.1. The Morgan fingerprint density at radius 1 is 0.716 bits per heavy atom. The Morgan fingerprint density at radius 2 is 1.33 bits per heavy atom. The molecule has 34 nitrogen and oxygen atoms in total. The van der Waals surface area contributed by atoms with Crippen LogP contribution < -0.4 is 67.0 Å². The summed E-state index contributed by atoms with van der Waals surface area (Å²) in [5.41, 5.74) is 2.59. The summed E-state index contributed by atoms with van der Waals surface area (Å²) in [6.07, 6.45) is -14.8. The SMILES string of the molecule is CN[C@H](CC(C)C)C(=O)N[C@H]1C(=O)N[C@@H](CC(N)=O)C(=O)N[C@H]2C(=O)N[C@H]3C(=O)N[C@H](C(=O)N[C@H](C(=O)O)c4cc(O)cc(O)c4-c4cc3ccc4O)[C@H](O)c3ccc(c(Cl)c3)Oc3cc2cc(c3O[C@H]2O[C@H](CO)[C@H](O)C(O)C2O[C@H]2C[C@@](C)(NCc3cc[n+](C)cc3)[C@@H](O)C(C)O2)Oc2ccc(cc2Cl)[C@H]1O. The molecule has 7 aliphatic rings. The topological polar surface area (TPSA) is 520 Å². The van der Waals surface area contributed by atoms with E-state index in [1.165, 1.54) is 19.2 Å². The molecule has 18 atom stereocenters. The van der Waals surface area contributed by atoms with Gasteiger partial charge >= 0.3 is 5.97 Å². The number of aromatic hydroxyl groups is 3. The Hall–Kier alpha value is -10.0. The van der Waals surface area contributed by atoms with Gasteiger partial charge in [-0.2, -0.15) is 0 Å². The van der Waals surface area contributed by atoms with Gasteiger partial charge in [0.15, 0.2) is 42.3 Å². The van der Waals surface area contributed by atoms with E-state index >= 15 is 14.4 Å². The van der Waals surface area contributed by atoms with Crippen molar-refractivity contribution in [1.82, 2.24) is 42.5 Å². The highest BCUT2D eigenvalue weighted by Crippen LogP contribution is 2.50. The molecule has 0 aliphatic carbocycles. The quantitative estimate of drug-likeness (QED) is 0.0595.